The van der Waals surface area contributed by atoms with Crippen molar-refractivity contribution in [2.24, 2.45) is 0 Å². The highest BCUT2D eigenvalue weighted by Gasteiger charge is 2.11. The number of benzene rings is 2. The molecule has 2 rings (SSSR count). The van der Waals surface area contributed by atoms with Crippen molar-refractivity contribution in [1.82, 2.24) is 0 Å². The van der Waals surface area contributed by atoms with E-state index in [1.165, 1.54) is 0 Å². The molecule has 98 valence electrons. The maximum absolute atomic E-state index is 10.4. The van der Waals surface area contributed by atoms with Crippen LogP contribution < -0.4 is 0 Å². The average molecular weight is 252 g/mol. The third kappa shape index (κ3) is 3.80. The van der Waals surface area contributed by atoms with Gasteiger partial charge in [0, 0.05) is 0 Å². The number of aliphatic hydroxyl groups excluding tert-OH is 1. The highest BCUT2D eigenvalue weighted by molar-refractivity contribution is 5.83. The highest BCUT2D eigenvalue weighted by atomic mass is 16.3. The topological polar surface area (TPSA) is 20.2 Å². The lowest BCUT2D eigenvalue weighted by atomic mass is 9.95. The van der Waals surface area contributed by atoms with Crippen molar-refractivity contribution in [2.75, 3.05) is 0 Å². The van der Waals surface area contributed by atoms with Crippen LogP contribution in [-0.4, -0.2) is 11.2 Å². The van der Waals surface area contributed by atoms with Crippen molar-refractivity contribution in [3.05, 3.63) is 71.8 Å². The molecule has 0 radical (unpaired) electrons. The summed E-state index contributed by atoms with van der Waals surface area (Å²) in [4.78, 5) is 0. The largest absolute Gasteiger partial charge is 0.388 e. The van der Waals surface area contributed by atoms with Crippen molar-refractivity contribution in [1.29, 1.82) is 0 Å². The van der Waals surface area contributed by atoms with Crippen LogP contribution in [0.5, 0.6) is 0 Å². The molecule has 2 aromatic carbocycles. The number of hydrogen-bond acceptors (Lipinski definition) is 1. The Morgan fingerprint density at radius 3 is 2.16 bits per heavy atom. The molecule has 2 aromatic rings. The van der Waals surface area contributed by atoms with Gasteiger partial charge in [0.05, 0.1) is 6.10 Å². The molecule has 0 aliphatic heterocycles. The normalized spacial score (nSPS) is 13.3. The summed E-state index contributed by atoms with van der Waals surface area (Å²) in [5.74, 6) is 0. The molecule has 1 heteroatoms. The van der Waals surface area contributed by atoms with E-state index < -0.39 is 6.10 Å². The van der Waals surface area contributed by atoms with Gasteiger partial charge in [-0.25, -0.2) is 0 Å². The van der Waals surface area contributed by atoms with E-state index in [4.69, 9.17) is 0 Å². The first kappa shape index (κ1) is 13.6. The van der Waals surface area contributed by atoms with Crippen molar-refractivity contribution in [3.63, 3.8) is 0 Å². The Kier molecular flexibility index (Phi) is 4.93. The third-order valence-electron chi connectivity index (χ3n) is 3.15. The summed E-state index contributed by atoms with van der Waals surface area (Å²) in [6, 6.07) is 20.3. The Bertz CT molecular complexity index is 514. The molecule has 0 fully saturated rings. The fourth-order valence-corrected chi connectivity index (χ4v) is 2.16. The maximum Gasteiger partial charge on any atom is 0.0795 e. The molecule has 1 nitrogen and oxygen atoms in total. The van der Waals surface area contributed by atoms with Gasteiger partial charge in [-0.3, -0.25) is 0 Å². The minimum atomic E-state index is -0.410. The molecule has 19 heavy (non-hydrogen) atoms. The first-order valence-electron chi connectivity index (χ1n) is 6.81. The zero-order valence-corrected chi connectivity index (χ0v) is 11.3. The minimum absolute atomic E-state index is 0.410. The molecule has 1 atom stereocenters. The molecule has 0 amide bonds. The van der Waals surface area contributed by atoms with Crippen molar-refractivity contribution >= 4 is 11.6 Å². The van der Waals surface area contributed by atoms with Crippen LogP contribution in [0.2, 0.25) is 0 Å². The molecule has 0 saturated carbocycles. The second-order valence-corrected chi connectivity index (χ2v) is 4.68. The maximum atomic E-state index is 10.4. The molecule has 0 saturated heterocycles. The Morgan fingerprint density at radius 1 is 1.00 bits per heavy atom. The van der Waals surface area contributed by atoms with Crippen LogP contribution in [0.25, 0.3) is 11.6 Å². The van der Waals surface area contributed by atoms with Crippen LogP contribution >= 0.6 is 0 Å². The lowest BCUT2D eigenvalue weighted by Crippen LogP contribution is -2.08. The van der Waals surface area contributed by atoms with E-state index in [-0.39, 0.29) is 0 Å². The molecule has 1 unspecified atom stereocenters. The van der Waals surface area contributed by atoms with E-state index in [1.807, 2.05) is 48.5 Å². The van der Waals surface area contributed by atoms with E-state index in [0.29, 0.717) is 0 Å². The summed E-state index contributed by atoms with van der Waals surface area (Å²) in [5, 5.41) is 10.4. The lowest BCUT2D eigenvalue weighted by Gasteiger charge is -2.15. The Labute approximate surface area is 115 Å². The third-order valence-corrected chi connectivity index (χ3v) is 3.15. The van der Waals surface area contributed by atoms with Gasteiger partial charge in [-0.1, -0.05) is 74.0 Å². The number of rotatable bonds is 5. The van der Waals surface area contributed by atoms with Crippen molar-refractivity contribution in [3.8, 4) is 0 Å². The Hall–Kier alpha value is -1.86. The van der Waals surface area contributed by atoms with E-state index in [2.05, 4.69) is 25.1 Å². The van der Waals surface area contributed by atoms with Gasteiger partial charge < -0.3 is 5.11 Å². The number of aliphatic hydroxyl groups is 1. The monoisotopic (exact) mass is 252 g/mol. The average Bonchev–Trinajstić information content (AvgIpc) is 2.47. The highest BCUT2D eigenvalue weighted by Crippen LogP contribution is 2.24. The van der Waals surface area contributed by atoms with Crippen LogP contribution in [0, 0.1) is 0 Å². The molecule has 0 aromatic heterocycles. The summed E-state index contributed by atoms with van der Waals surface area (Å²) in [6.07, 6.45) is 3.43. The van der Waals surface area contributed by atoms with Gasteiger partial charge in [0.2, 0.25) is 0 Å². The molecule has 0 aliphatic rings. The van der Waals surface area contributed by atoms with E-state index >= 15 is 0 Å². The van der Waals surface area contributed by atoms with Gasteiger partial charge in [-0.05, 0) is 29.2 Å². The zero-order chi connectivity index (χ0) is 13.5. The van der Waals surface area contributed by atoms with Crippen molar-refractivity contribution in [2.45, 2.75) is 25.9 Å². The quantitative estimate of drug-likeness (QED) is 0.782. The summed E-state index contributed by atoms with van der Waals surface area (Å²) in [6.45, 7) is 2.09. The van der Waals surface area contributed by atoms with E-state index in [0.717, 1.165) is 29.5 Å². The summed E-state index contributed by atoms with van der Waals surface area (Å²) < 4.78 is 0. The smallest absolute Gasteiger partial charge is 0.0795 e. The lowest BCUT2D eigenvalue weighted by molar-refractivity contribution is 0.221. The van der Waals surface area contributed by atoms with Gasteiger partial charge in [-0.15, -0.1) is 0 Å². The van der Waals surface area contributed by atoms with Crippen LogP contribution in [0.15, 0.2) is 60.7 Å². The van der Waals surface area contributed by atoms with Crippen LogP contribution in [0.3, 0.4) is 0 Å². The molecule has 0 aliphatic carbocycles. The van der Waals surface area contributed by atoms with Gasteiger partial charge in [-0.2, -0.15) is 0 Å². The van der Waals surface area contributed by atoms with Crippen LogP contribution in [0.4, 0.5) is 0 Å². The van der Waals surface area contributed by atoms with Gasteiger partial charge in [0.1, 0.15) is 0 Å². The van der Waals surface area contributed by atoms with E-state index in [1.54, 1.807) is 0 Å². The molecule has 0 spiro atoms. The SMILES string of the molecule is CCCC(O)/C(=C/c1ccccc1)c1ccccc1. The van der Waals surface area contributed by atoms with Crippen molar-refractivity contribution < 1.29 is 5.11 Å². The minimum Gasteiger partial charge on any atom is -0.388 e. The summed E-state index contributed by atoms with van der Waals surface area (Å²) in [7, 11) is 0. The zero-order valence-electron chi connectivity index (χ0n) is 11.3. The predicted octanol–water partition coefficient (Wildman–Crippen LogP) is 4.39. The van der Waals surface area contributed by atoms with Gasteiger partial charge in [0.15, 0.2) is 0 Å². The number of hydrogen-bond donors (Lipinski definition) is 1. The molecule has 1 N–H and O–H groups in total. The second kappa shape index (κ2) is 6.91. The van der Waals surface area contributed by atoms with Gasteiger partial charge >= 0.3 is 0 Å². The van der Waals surface area contributed by atoms with E-state index in [9.17, 15) is 5.11 Å². The fourth-order valence-electron chi connectivity index (χ4n) is 2.16. The molecular weight excluding hydrogens is 232 g/mol. The molecular formula is C18H20O. The first-order chi connectivity index (χ1) is 9.31. The van der Waals surface area contributed by atoms with Gasteiger partial charge in [0.25, 0.3) is 0 Å². The standard InChI is InChI=1S/C18H20O/c1-2-9-18(19)17(16-12-7-4-8-13-16)14-15-10-5-3-6-11-15/h3-8,10-14,18-19H,2,9H2,1H3/b17-14+. The second-order valence-electron chi connectivity index (χ2n) is 4.68. The molecule has 0 heterocycles. The summed E-state index contributed by atoms with van der Waals surface area (Å²) >= 11 is 0. The van der Waals surface area contributed by atoms with Crippen LogP contribution in [-0.2, 0) is 0 Å². The summed E-state index contributed by atoms with van der Waals surface area (Å²) in [5.41, 5.74) is 3.21. The molecule has 0 bridgehead atoms. The Morgan fingerprint density at radius 2 is 1.58 bits per heavy atom. The predicted molar refractivity (Wildman–Crippen MR) is 81.7 cm³/mol. The Balaban J connectivity index is 2.37. The fraction of sp³-hybridized carbons (Fsp3) is 0.222. The first-order valence-corrected chi connectivity index (χ1v) is 6.81. The van der Waals surface area contributed by atoms with Crippen LogP contribution in [0.1, 0.15) is 30.9 Å².